The average Bonchev–Trinajstić information content (AvgIpc) is 2.80. The van der Waals surface area contributed by atoms with Crippen molar-refractivity contribution in [3.05, 3.63) is 45.7 Å². The lowest BCUT2D eigenvalue weighted by molar-refractivity contribution is 0.251. The summed E-state index contributed by atoms with van der Waals surface area (Å²) in [7, 11) is 0. The quantitative estimate of drug-likeness (QED) is 0.877. The van der Waals surface area contributed by atoms with Crippen molar-refractivity contribution in [3.63, 3.8) is 0 Å². The molecule has 0 aliphatic heterocycles. The van der Waals surface area contributed by atoms with Gasteiger partial charge in [0.15, 0.2) is 0 Å². The molecule has 0 unspecified atom stereocenters. The SMILES string of the molecule is CCn1cc(Br)c(CNC(=O)Nc2ccc(Cl)cc2)n1. The van der Waals surface area contributed by atoms with E-state index in [0.29, 0.717) is 17.3 Å². The Morgan fingerprint density at radius 2 is 2.10 bits per heavy atom. The Labute approximate surface area is 130 Å². The molecule has 0 saturated carbocycles. The first kappa shape index (κ1) is 14.9. The van der Waals surface area contributed by atoms with Crippen LogP contribution in [0, 0.1) is 0 Å². The number of anilines is 1. The molecule has 7 heteroatoms. The number of carbonyl (C=O) groups excluding carboxylic acids is 1. The lowest BCUT2D eigenvalue weighted by atomic mass is 10.3. The minimum absolute atomic E-state index is 0.287. The molecule has 0 radical (unpaired) electrons. The largest absolute Gasteiger partial charge is 0.332 e. The second kappa shape index (κ2) is 6.76. The summed E-state index contributed by atoms with van der Waals surface area (Å²) < 4.78 is 2.68. The second-order valence-electron chi connectivity index (χ2n) is 4.09. The maximum Gasteiger partial charge on any atom is 0.319 e. The summed E-state index contributed by atoms with van der Waals surface area (Å²) in [5, 5.41) is 10.4. The third-order valence-corrected chi connectivity index (χ3v) is 3.54. The summed E-state index contributed by atoms with van der Waals surface area (Å²) in [6, 6.07) is 6.63. The van der Waals surface area contributed by atoms with Gasteiger partial charge in [-0.15, -0.1) is 0 Å². The summed E-state index contributed by atoms with van der Waals surface area (Å²) >= 11 is 9.19. The zero-order chi connectivity index (χ0) is 14.5. The van der Waals surface area contributed by atoms with Crippen molar-refractivity contribution in [3.8, 4) is 0 Å². The highest BCUT2D eigenvalue weighted by molar-refractivity contribution is 9.10. The zero-order valence-corrected chi connectivity index (χ0v) is 13.2. The van der Waals surface area contributed by atoms with Gasteiger partial charge in [-0.25, -0.2) is 4.79 Å². The number of rotatable bonds is 4. The first-order chi connectivity index (χ1) is 9.58. The highest BCUT2D eigenvalue weighted by Gasteiger charge is 2.08. The van der Waals surface area contributed by atoms with Crippen LogP contribution in [0.2, 0.25) is 5.02 Å². The molecule has 20 heavy (non-hydrogen) atoms. The molecule has 5 nitrogen and oxygen atoms in total. The van der Waals surface area contributed by atoms with E-state index in [1.807, 2.05) is 13.1 Å². The van der Waals surface area contributed by atoms with Crippen molar-refractivity contribution in [2.75, 3.05) is 5.32 Å². The Morgan fingerprint density at radius 3 is 2.70 bits per heavy atom. The number of urea groups is 1. The molecule has 0 spiro atoms. The van der Waals surface area contributed by atoms with Crippen LogP contribution in [-0.4, -0.2) is 15.8 Å². The predicted octanol–water partition coefficient (Wildman–Crippen LogP) is 3.64. The first-order valence-electron chi connectivity index (χ1n) is 6.10. The molecule has 0 saturated heterocycles. The summed E-state index contributed by atoms with van der Waals surface area (Å²) in [6.07, 6.45) is 1.88. The van der Waals surface area contributed by atoms with Gasteiger partial charge in [0, 0.05) is 23.5 Å². The number of aryl methyl sites for hydroxylation is 1. The van der Waals surface area contributed by atoms with Crippen LogP contribution in [0.3, 0.4) is 0 Å². The van der Waals surface area contributed by atoms with Crippen LogP contribution in [0.4, 0.5) is 10.5 Å². The number of hydrogen-bond acceptors (Lipinski definition) is 2. The molecule has 0 aliphatic carbocycles. The molecule has 2 rings (SSSR count). The molecule has 2 amide bonds. The Bertz CT molecular complexity index is 597. The van der Waals surface area contributed by atoms with Crippen LogP contribution in [0.1, 0.15) is 12.6 Å². The fourth-order valence-electron chi connectivity index (χ4n) is 1.59. The first-order valence-corrected chi connectivity index (χ1v) is 7.28. The van der Waals surface area contributed by atoms with E-state index in [1.54, 1.807) is 28.9 Å². The Kier molecular flexibility index (Phi) is 5.03. The molecule has 1 heterocycles. The van der Waals surface area contributed by atoms with Gasteiger partial charge in [-0.2, -0.15) is 5.10 Å². The second-order valence-corrected chi connectivity index (χ2v) is 5.38. The predicted molar refractivity (Wildman–Crippen MR) is 82.9 cm³/mol. The smallest absolute Gasteiger partial charge is 0.319 e. The van der Waals surface area contributed by atoms with E-state index in [-0.39, 0.29) is 6.03 Å². The van der Waals surface area contributed by atoms with E-state index >= 15 is 0 Å². The molecule has 106 valence electrons. The van der Waals surface area contributed by atoms with Gasteiger partial charge >= 0.3 is 6.03 Å². The standard InChI is InChI=1S/C13H14BrClN4O/c1-2-19-8-11(14)12(18-19)7-16-13(20)17-10-5-3-9(15)4-6-10/h3-6,8H,2,7H2,1H3,(H2,16,17,20). The topological polar surface area (TPSA) is 59.0 Å². The number of nitrogens with zero attached hydrogens (tertiary/aromatic N) is 2. The number of aromatic nitrogens is 2. The summed E-state index contributed by atoms with van der Waals surface area (Å²) in [5.41, 5.74) is 1.48. The van der Waals surface area contributed by atoms with Gasteiger partial charge < -0.3 is 10.6 Å². The van der Waals surface area contributed by atoms with Crippen LogP contribution in [0.15, 0.2) is 34.9 Å². The molecule has 1 aromatic carbocycles. The summed E-state index contributed by atoms with van der Waals surface area (Å²) in [6.45, 7) is 3.15. The normalized spacial score (nSPS) is 10.3. The Hall–Kier alpha value is -1.53. The van der Waals surface area contributed by atoms with Crippen molar-refractivity contribution in [2.24, 2.45) is 0 Å². The number of benzene rings is 1. The third kappa shape index (κ3) is 3.98. The summed E-state index contributed by atoms with van der Waals surface area (Å²) in [5.74, 6) is 0. The van der Waals surface area contributed by atoms with Gasteiger partial charge in [-0.3, -0.25) is 4.68 Å². The van der Waals surface area contributed by atoms with Crippen LogP contribution in [0.5, 0.6) is 0 Å². The van der Waals surface area contributed by atoms with Crippen LogP contribution >= 0.6 is 27.5 Å². The number of nitrogens with one attached hydrogen (secondary N) is 2. The Balaban J connectivity index is 1.88. The van der Waals surface area contributed by atoms with Gasteiger partial charge in [0.2, 0.25) is 0 Å². The maximum absolute atomic E-state index is 11.8. The molecule has 1 aromatic heterocycles. The van der Waals surface area contributed by atoms with Gasteiger partial charge in [0.1, 0.15) is 0 Å². The molecule has 0 aliphatic rings. The fraction of sp³-hybridized carbons (Fsp3) is 0.231. The van der Waals surface area contributed by atoms with E-state index in [2.05, 4.69) is 31.7 Å². The molecular weight excluding hydrogens is 344 g/mol. The van der Waals surface area contributed by atoms with E-state index in [4.69, 9.17) is 11.6 Å². The highest BCUT2D eigenvalue weighted by atomic mass is 79.9. The molecule has 0 atom stereocenters. The van der Waals surface area contributed by atoms with Crippen molar-refractivity contribution < 1.29 is 4.79 Å². The average molecular weight is 358 g/mol. The van der Waals surface area contributed by atoms with Crippen molar-refractivity contribution in [2.45, 2.75) is 20.0 Å². The maximum atomic E-state index is 11.8. The third-order valence-electron chi connectivity index (χ3n) is 2.63. The van der Waals surface area contributed by atoms with Crippen LogP contribution in [-0.2, 0) is 13.1 Å². The molecule has 2 N–H and O–H groups in total. The van der Waals surface area contributed by atoms with Crippen LogP contribution in [0.25, 0.3) is 0 Å². The molecule has 0 bridgehead atoms. The zero-order valence-electron chi connectivity index (χ0n) is 10.9. The van der Waals surface area contributed by atoms with Crippen molar-refractivity contribution in [1.82, 2.24) is 15.1 Å². The minimum Gasteiger partial charge on any atom is -0.332 e. The Morgan fingerprint density at radius 1 is 1.40 bits per heavy atom. The molecule has 2 aromatic rings. The minimum atomic E-state index is -0.287. The van der Waals surface area contributed by atoms with Gasteiger partial charge in [0.25, 0.3) is 0 Å². The number of hydrogen-bond donors (Lipinski definition) is 2. The lowest BCUT2D eigenvalue weighted by Gasteiger charge is -2.06. The van der Waals surface area contributed by atoms with Crippen molar-refractivity contribution in [1.29, 1.82) is 0 Å². The number of halogens is 2. The van der Waals surface area contributed by atoms with E-state index in [1.165, 1.54) is 0 Å². The number of amides is 2. The molecule has 0 fully saturated rings. The van der Waals surface area contributed by atoms with E-state index in [0.717, 1.165) is 16.7 Å². The fourth-order valence-corrected chi connectivity index (χ4v) is 2.17. The van der Waals surface area contributed by atoms with Crippen LogP contribution < -0.4 is 10.6 Å². The van der Waals surface area contributed by atoms with E-state index < -0.39 is 0 Å². The number of carbonyl (C=O) groups is 1. The highest BCUT2D eigenvalue weighted by Crippen LogP contribution is 2.15. The van der Waals surface area contributed by atoms with Gasteiger partial charge in [-0.05, 0) is 47.1 Å². The lowest BCUT2D eigenvalue weighted by Crippen LogP contribution is -2.28. The van der Waals surface area contributed by atoms with Gasteiger partial charge in [0.05, 0.1) is 16.7 Å². The monoisotopic (exact) mass is 356 g/mol. The molecular formula is C13H14BrClN4O. The van der Waals surface area contributed by atoms with E-state index in [9.17, 15) is 4.79 Å². The summed E-state index contributed by atoms with van der Waals surface area (Å²) in [4.78, 5) is 11.8. The van der Waals surface area contributed by atoms with Gasteiger partial charge in [-0.1, -0.05) is 11.6 Å². The van der Waals surface area contributed by atoms with Crippen molar-refractivity contribution >= 4 is 39.2 Å².